The molecule has 0 aliphatic rings. The van der Waals surface area contributed by atoms with Crippen LogP contribution in [0.3, 0.4) is 0 Å². The van der Waals surface area contributed by atoms with Gasteiger partial charge in [-0.1, -0.05) is 48.9 Å². The zero-order valence-electron chi connectivity index (χ0n) is 19.2. The molecule has 9 heteroatoms. The first kappa shape index (κ1) is 23.4. The molecule has 0 aliphatic carbocycles. The van der Waals surface area contributed by atoms with E-state index in [4.69, 9.17) is 16.0 Å². The summed E-state index contributed by atoms with van der Waals surface area (Å²) in [6.07, 6.45) is 0.659. The largest absolute Gasteiger partial charge is 0.419 e. The maximum Gasteiger partial charge on any atom is 0.295 e. The Morgan fingerprint density at radius 1 is 1.03 bits per heavy atom. The van der Waals surface area contributed by atoms with E-state index in [1.807, 2.05) is 43.3 Å². The van der Waals surface area contributed by atoms with Gasteiger partial charge >= 0.3 is 0 Å². The molecule has 34 heavy (non-hydrogen) atoms. The molecule has 0 saturated heterocycles. The number of ketones is 1. The van der Waals surface area contributed by atoms with Crippen LogP contribution in [0, 0.1) is 13.8 Å². The van der Waals surface area contributed by atoms with E-state index < -0.39 is 11.7 Å². The number of carbonyl (C=O) groups excluding carboxylic acids is 2. The second-order valence-corrected chi connectivity index (χ2v) is 8.24. The van der Waals surface area contributed by atoms with Crippen LogP contribution < -0.4 is 0 Å². The maximum absolute atomic E-state index is 13.3. The zero-order valence-corrected chi connectivity index (χ0v) is 19.9. The van der Waals surface area contributed by atoms with Gasteiger partial charge in [0.15, 0.2) is 0 Å². The highest BCUT2D eigenvalue weighted by atomic mass is 35.5. The molecular formula is C25H24ClN5O3. The van der Waals surface area contributed by atoms with Crippen LogP contribution in [0.1, 0.15) is 41.0 Å². The number of hydrogen-bond donors (Lipinski definition) is 0. The monoisotopic (exact) mass is 477 g/mol. The van der Waals surface area contributed by atoms with Crippen LogP contribution in [0.2, 0.25) is 5.02 Å². The van der Waals surface area contributed by atoms with Gasteiger partial charge in [-0.3, -0.25) is 9.59 Å². The van der Waals surface area contributed by atoms with E-state index in [0.717, 1.165) is 5.69 Å². The first-order valence-corrected chi connectivity index (χ1v) is 11.3. The molecule has 0 fully saturated rings. The lowest BCUT2D eigenvalue weighted by molar-refractivity contribution is -0.127. The van der Waals surface area contributed by atoms with Gasteiger partial charge < -0.3 is 9.32 Å². The minimum atomic E-state index is -0.641. The highest BCUT2D eigenvalue weighted by Gasteiger charge is 2.29. The van der Waals surface area contributed by atoms with Crippen molar-refractivity contribution in [3.8, 4) is 17.1 Å². The van der Waals surface area contributed by atoms with Crippen molar-refractivity contribution >= 4 is 23.3 Å². The van der Waals surface area contributed by atoms with Gasteiger partial charge in [-0.2, -0.15) is 5.10 Å². The van der Waals surface area contributed by atoms with Crippen molar-refractivity contribution in [2.45, 2.75) is 33.7 Å². The molecule has 0 aliphatic heterocycles. The molecule has 4 aromatic rings. The van der Waals surface area contributed by atoms with E-state index in [1.54, 1.807) is 36.7 Å². The molecule has 1 amide bonds. The number of aryl methyl sites for hydroxylation is 1. The fraction of sp³-hybridized carbons (Fsp3) is 0.240. The highest BCUT2D eigenvalue weighted by Crippen LogP contribution is 2.26. The minimum absolute atomic E-state index is 0.0147. The molecule has 0 bridgehead atoms. The Kier molecular flexibility index (Phi) is 6.88. The summed E-state index contributed by atoms with van der Waals surface area (Å²) in [7, 11) is 0. The number of para-hydroxylation sites is 1. The fourth-order valence-electron chi connectivity index (χ4n) is 3.79. The third-order valence-corrected chi connectivity index (χ3v) is 5.72. The molecule has 0 saturated carbocycles. The lowest BCUT2D eigenvalue weighted by Crippen LogP contribution is -2.37. The van der Waals surface area contributed by atoms with Gasteiger partial charge in [0.2, 0.25) is 11.8 Å². The number of rotatable bonds is 8. The van der Waals surface area contributed by atoms with Gasteiger partial charge in [-0.15, -0.1) is 10.2 Å². The molecular weight excluding hydrogens is 454 g/mol. The third kappa shape index (κ3) is 4.63. The van der Waals surface area contributed by atoms with E-state index >= 15 is 0 Å². The Hall–Kier alpha value is -3.78. The Morgan fingerprint density at radius 2 is 1.74 bits per heavy atom. The molecule has 0 radical (unpaired) electrons. The summed E-state index contributed by atoms with van der Waals surface area (Å²) >= 11 is 6.21. The van der Waals surface area contributed by atoms with Crippen molar-refractivity contribution in [3.63, 3.8) is 0 Å². The molecule has 0 N–H and O–H groups in total. The Morgan fingerprint density at radius 3 is 2.44 bits per heavy atom. The van der Waals surface area contributed by atoms with E-state index in [9.17, 15) is 9.59 Å². The second kappa shape index (κ2) is 10.0. The van der Waals surface area contributed by atoms with Gasteiger partial charge in [-0.05, 0) is 44.5 Å². The van der Waals surface area contributed by atoms with Crippen LogP contribution in [0.15, 0.2) is 59.0 Å². The zero-order chi connectivity index (χ0) is 24.2. The molecule has 2 aromatic heterocycles. The summed E-state index contributed by atoms with van der Waals surface area (Å²) in [6, 6.07) is 16.6. The van der Waals surface area contributed by atoms with Crippen molar-refractivity contribution in [1.82, 2.24) is 24.9 Å². The lowest BCUT2D eigenvalue weighted by Gasteiger charge is -2.19. The number of aromatic nitrogens is 4. The van der Waals surface area contributed by atoms with E-state index in [0.29, 0.717) is 40.5 Å². The van der Waals surface area contributed by atoms with Crippen LogP contribution in [-0.4, -0.2) is 43.1 Å². The van der Waals surface area contributed by atoms with Crippen molar-refractivity contribution in [2.75, 3.05) is 6.54 Å². The molecule has 174 valence electrons. The van der Waals surface area contributed by atoms with Gasteiger partial charge in [0.05, 0.1) is 39.8 Å². The standard InChI is InChI=1S/C25H24ClN5O3/c1-4-14-30(15-21-27-28-24(34-21)19-12-8-9-13-20(19)26)25(33)23(32)22-16(2)29-31(17(22)3)18-10-6-5-7-11-18/h5-13H,4,14-15H2,1-3H3. The Bertz CT molecular complexity index is 1330. The Labute approximate surface area is 202 Å². The highest BCUT2D eigenvalue weighted by molar-refractivity contribution is 6.43. The van der Waals surface area contributed by atoms with E-state index in [-0.39, 0.29) is 18.3 Å². The predicted molar refractivity (Wildman–Crippen MR) is 128 cm³/mol. The smallest absolute Gasteiger partial charge is 0.295 e. The first-order valence-electron chi connectivity index (χ1n) is 10.9. The van der Waals surface area contributed by atoms with Crippen molar-refractivity contribution in [1.29, 1.82) is 0 Å². The summed E-state index contributed by atoms with van der Waals surface area (Å²) in [6.45, 7) is 5.81. The summed E-state index contributed by atoms with van der Waals surface area (Å²) in [4.78, 5) is 27.9. The van der Waals surface area contributed by atoms with Gasteiger partial charge in [0.1, 0.15) is 0 Å². The van der Waals surface area contributed by atoms with Gasteiger partial charge in [0, 0.05) is 6.54 Å². The molecule has 4 rings (SSSR count). The van der Waals surface area contributed by atoms with Gasteiger partial charge in [-0.25, -0.2) is 4.68 Å². The summed E-state index contributed by atoms with van der Waals surface area (Å²) in [5, 5.41) is 13.1. The van der Waals surface area contributed by atoms with Crippen LogP contribution in [0.25, 0.3) is 17.1 Å². The lowest BCUT2D eigenvalue weighted by atomic mass is 10.1. The Balaban J connectivity index is 1.58. The number of Topliss-reactive ketones (excluding diaryl/α,β-unsaturated/α-hetero) is 1. The summed E-state index contributed by atoms with van der Waals surface area (Å²) in [5.74, 6) is -0.778. The number of nitrogens with zero attached hydrogens (tertiary/aromatic N) is 5. The molecule has 0 atom stereocenters. The third-order valence-electron chi connectivity index (χ3n) is 5.39. The average molecular weight is 478 g/mol. The number of carbonyl (C=O) groups is 2. The first-order chi connectivity index (χ1) is 16.4. The second-order valence-electron chi connectivity index (χ2n) is 7.83. The van der Waals surface area contributed by atoms with Crippen LogP contribution >= 0.6 is 11.6 Å². The number of benzene rings is 2. The average Bonchev–Trinajstić information content (AvgIpc) is 3.42. The van der Waals surface area contributed by atoms with Crippen molar-refractivity contribution in [2.24, 2.45) is 0 Å². The van der Waals surface area contributed by atoms with E-state index in [2.05, 4.69) is 15.3 Å². The molecule has 8 nitrogen and oxygen atoms in total. The number of hydrogen-bond acceptors (Lipinski definition) is 6. The quantitative estimate of drug-likeness (QED) is 0.267. The predicted octanol–water partition coefficient (Wildman–Crippen LogP) is 4.81. The maximum atomic E-state index is 13.3. The van der Waals surface area contributed by atoms with Crippen LogP contribution in [0.5, 0.6) is 0 Å². The minimum Gasteiger partial charge on any atom is -0.419 e. The van der Waals surface area contributed by atoms with Crippen molar-refractivity contribution in [3.05, 3.63) is 82.5 Å². The molecule has 0 spiro atoms. The number of amides is 1. The fourth-order valence-corrected chi connectivity index (χ4v) is 4.01. The van der Waals surface area contributed by atoms with Crippen molar-refractivity contribution < 1.29 is 14.0 Å². The number of halogens is 1. The SMILES string of the molecule is CCCN(Cc1nnc(-c2ccccc2Cl)o1)C(=O)C(=O)c1c(C)nn(-c2ccccc2)c1C. The van der Waals surface area contributed by atoms with Crippen LogP contribution in [-0.2, 0) is 11.3 Å². The normalized spacial score (nSPS) is 10.9. The van der Waals surface area contributed by atoms with E-state index in [1.165, 1.54) is 4.90 Å². The van der Waals surface area contributed by atoms with Crippen LogP contribution in [0.4, 0.5) is 0 Å². The molecule has 2 aromatic carbocycles. The summed E-state index contributed by atoms with van der Waals surface area (Å²) in [5.41, 5.74) is 2.83. The summed E-state index contributed by atoms with van der Waals surface area (Å²) < 4.78 is 7.42. The topological polar surface area (TPSA) is 94.1 Å². The van der Waals surface area contributed by atoms with Gasteiger partial charge in [0.25, 0.3) is 11.7 Å². The molecule has 0 unspecified atom stereocenters. The molecule has 2 heterocycles.